The minimum atomic E-state index is -0.861. The average molecular weight is 1330 g/mol. The summed E-state index contributed by atoms with van der Waals surface area (Å²) >= 11 is 3.50. The Bertz CT molecular complexity index is 6210. The van der Waals surface area contributed by atoms with Gasteiger partial charge in [-0.15, -0.1) is 0 Å². The lowest BCUT2D eigenvalue weighted by Crippen LogP contribution is -2.24. The Morgan fingerprint density at radius 3 is 1.94 bits per heavy atom. The van der Waals surface area contributed by atoms with Crippen LogP contribution in [0.2, 0.25) is 0 Å². The second kappa shape index (κ2) is 22.6. The first kappa shape index (κ1) is 58.3. The molecule has 1 N–H and O–H groups in total. The molecule has 14 heteroatoms. The number of imidazole rings is 1. The van der Waals surface area contributed by atoms with Gasteiger partial charge in [-0.05, 0) is 122 Å². The summed E-state index contributed by atoms with van der Waals surface area (Å²) < 4.78 is 33.6. The molecule has 2 aliphatic carbocycles. The van der Waals surface area contributed by atoms with Gasteiger partial charge in [0.15, 0.2) is 27.9 Å². The monoisotopic (exact) mass is 1330 g/mol. The second-order valence-electron chi connectivity index (χ2n) is 26.5. The van der Waals surface area contributed by atoms with Gasteiger partial charge in [0.2, 0.25) is 11.9 Å². The van der Waals surface area contributed by atoms with E-state index in [9.17, 15) is 4.39 Å². The van der Waals surface area contributed by atoms with Crippen molar-refractivity contribution in [2.45, 2.75) is 42.5 Å². The summed E-state index contributed by atoms with van der Waals surface area (Å²) in [5, 5.41) is 8.63. The smallest absolute Gasteiger partial charge is 0.223 e. The number of benzene rings is 10. The van der Waals surface area contributed by atoms with Gasteiger partial charge in [-0.1, -0.05) is 249 Å². The molecule has 0 saturated heterocycles. The third-order valence-electron chi connectivity index (χ3n) is 20.3. The normalized spacial score (nSPS) is 16.7. The number of hydrogen-bond acceptors (Lipinski definition) is 11. The van der Waals surface area contributed by atoms with Crippen LogP contribution in [0.1, 0.15) is 37.2 Å². The zero-order chi connectivity index (χ0) is 66.5. The number of thiazole rings is 1. The van der Waals surface area contributed by atoms with E-state index in [4.69, 9.17) is 29.9 Å². The van der Waals surface area contributed by atoms with Gasteiger partial charge in [0, 0.05) is 54.6 Å². The fourth-order valence-corrected chi connectivity index (χ4v) is 17.7. The van der Waals surface area contributed by atoms with Crippen molar-refractivity contribution in [1.82, 2.24) is 39.3 Å². The van der Waals surface area contributed by atoms with Gasteiger partial charge in [-0.3, -0.25) is 9.38 Å². The maximum atomic E-state index is 15.8. The molecular weight excluding hydrogens is 1280 g/mol. The maximum Gasteiger partial charge on any atom is 0.223 e. The lowest BCUT2D eigenvalue weighted by atomic mass is 9.79. The Labute approximate surface area is 581 Å². The number of pyridine rings is 3. The van der Waals surface area contributed by atoms with Crippen molar-refractivity contribution in [1.29, 1.82) is 0 Å². The lowest BCUT2D eigenvalue weighted by molar-refractivity contribution is 0.515. The lowest BCUT2D eigenvalue weighted by Gasteiger charge is -2.28. The van der Waals surface area contributed by atoms with Crippen molar-refractivity contribution < 1.29 is 8.78 Å². The second-order valence-corrected chi connectivity index (χ2v) is 28.7. The summed E-state index contributed by atoms with van der Waals surface area (Å²) in [4.78, 5) is 40.4. The van der Waals surface area contributed by atoms with Crippen LogP contribution in [0.25, 0.3) is 155 Å². The molecule has 4 aliphatic rings. The van der Waals surface area contributed by atoms with Crippen LogP contribution in [-0.2, 0) is 11.8 Å². The summed E-state index contributed by atoms with van der Waals surface area (Å²) in [6, 6.07) is 76.3. The van der Waals surface area contributed by atoms with Gasteiger partial charge in [0.1, 0.15) is 5.52 Å². The molecular formula is C86H56F2N10S2. The predicted molar refractivity (Wildman–Crippen MR) is 405 cm³/mol. The van der Waals surface area contributed by atoms with Crippen LogP contribution in [0.4, 0.5) is 25.8 Å². The summed E-state index contributed by atoms with van der Waals surface area (Å²) in [7, 11) is 0. The van der Waals surface area contributed by atoms with Crippen molar-refractivity contribution in [2.75, 3.05) is 10.2 Å². The van der Waals surface area contributed by atoms with Crippen LogP contribution in [-0.4, -0.2) is 44.8 Å². The maximum absolute atomic E-state index is 15.8. The van der Waals surface area contributed by atoms with Gasteiger partial charge in [-0.25, -0.2) is 24.9 Å². The minimum absolute atomic E-state index is 0.184. The van der Waals surface area contributed by atoms with E-state index in [1.165, 1.54) is 12.1 Å². The van der Waals surface area contributed by atoms with Crippen molar-refractivity contribution in [3.63, 3.8) is 0 Å². The molecule has 0 fully saturated rings. The molecule has 6 aromatic heterocycles. The summed E-state index contributed by atoms with van der Waals surface area (Å²) in [6.07, 6.45) is 15.1. The Hall–Kier alpha value is -11.8. The number of aromatic nitrogens is 8. The first-order chi connectivity index (χ1) is 49.1. The quantitative estimate of drug-likeness (QED) is 0.111. The summed E-state index contributed by atoms with van der Waals surface area (Å²) in [5.74, 6) is 0.408. The number of rotatable bonds is 9. The SMILES string of the molecule is CC1C=Cc2c(nc(C3(C)C=CC=CC3)c3c2nc2sc4ccc(-c5cccc(-c6nc(-c7ccccc7)nc(-c7ccc(-c8cccc9nc(-c%10ccccc%10)c%10c(c89)NC8Sc9ccc(-c%11c%12ccccc%12c(-c%12ccc(F)nc%12F)c%12ccccc%11%12)cc9N%108)cc7)n6)c5)cc4n23)C1. The highest BCUT2D eigenvalue weighted by Gasteiger charge is 2.42. The van der Waals surface area contributed by atoms with E-state index >= 15 is 4.39 Å². The zero-order valence-electron chi connectivity index (χ0n) is 54.0. The Morgan fingerprint density at radius 2 is 1.20 bits per heavy atom. The molecule has 10 aromatic carbocycles. The van der Waals surface area contributed by atoms with E-state index in [2.05, 4.69) is 209 Å². The number of nitrogens with zero attached hydrogens (tertiary/aromatic N) is 9. The molecule has 10 nitrogen and oxygen atoms in total. The molecule has 476 valence electrons. The highest BCUT2D eigenvalue weighted by atomic mass is 32.2. The Balaban J connectivity index is 0.680. The van der Waals surface area contributed by atoms with E-state index < -0.39 is 11.9 Å². The molecule has 2 aliphatic heterocycles. The average Bonchev–Trinajstić information content (AvgIpc) is 1.25. The largest absolute Gasteiger partial charge is 0.354 e. The third-order valence-corrected chi connectivity index (χ3v) is 22.5. The number of fused-ring (bicyclic) bond motifs is 16. The highest BCUT2D eigenvalue weighted by Crippen LogP contribution is 2.60. The van der Waals surface area contributed by atoms with Crippen LogP contribution in [0, 0.1) is 17.8 Å². The van der Waals surface area contributed by atoms with Gasteiger partial charge < -0.3 is 10.2 Å². The van der Waals surface area contributed by atoms with Crippen LogP contribution >= 0.6 is 23.1 Å². The molecule has 3 atom stereocenters. The number of hydrogen-bond donors (Lipinski definition) is 1. The van der Waals surface area contributed by atoms with Crippen LogP contribution < -0.4 is 10.2 Å². The molecule has 0 saturated carbocycles. The molecule has 8 heterocycles. The topological polar surface area (TPSA) is 110 Å². The van der Waals surface area contributed by atoms with Crippen molar-refractivity contribution >= 4 is 105 Å². The minimum Gasteiger partial charge on any atom is -0.354 e. The standard InChI is InChI=1S/C86H56F2N10S2/c1-48-30-37-62-65(44-48)90-79(86(2)42-14-5-15-43-86)78-75(62)92-84-98(78)66-46-54(35-39-68(66)99-84)53-22-16-23-56(45-53)83-95-81(51-20-8-4-9-21-51)94-82(96-83)52-33-31-49(32-34-52)57-28-17-29-64-73(57)76-77(74(89-64)50-18-6-3-7-19-50)97-67-47-55(36-40-69(67)100-85(97)93-76)71-58-24-10-12-26-60(58)72(61-27-13-11-25-59(61)71)63-38-41-70(87)91-80(63)88/h3-42,45-48,85,93H,43-44H2,1-2H3. The van der Waals surface area contributed by atoms with Crippen molar-refractivity contribution in [2.24, 2.45) is 5.92 Å². The van der Waals surface area contributed by atoms with Gasteiger partial charge >= 0.3 is 0 Å². The van der Waals surface area contributed by atoms with Gasteiger partial charge in [0.25, 0.3) is 0 Å². The fraction of sp³-hybridized carbons (Fsp3) is 0.0814. The first-order valence-electron chi connectivity index (χ1n) is 33.6. The highest BCUT2D eigenvalue weighted by molar-refractivity contribution is 8.00. The van der Waals surface area contributed by atoms with Crippen LogP contribution in [0.3, 0.4) is 0 Å². The molecule has 100 heavy (non-hydrogen) atoms. The van der Waals surface area contributed by atoms with Crippen LogP contribution in [0.15, 0.2) is 260 Å². The Kier molecular flexibility index (Phi) is 13.2. The number of halogens is 2. The van der Waals surface area contributed by atoms with E-state index in [-0.39, 0.29) is 16.5 Å². The number of allylic oxidation sites excluding steroid dienone is 5. The molecule has 3 unspecified atom stereocenters. The van der Waals surface area contributed by atoms with Crippen LogP contribution in [0.5, 0.6) is 0 Å². The van der Waals surface area contributed by atoms with Gasteiger partial charge in [-0.2, -0.15) is 13.8 Å². The van der Waals surface area contributed by atoms with Crippen molar-refractivity contribution in [3.05, 3.63) is 284 Å². The van der Waals surface area contributed by atoms with E-state index in [0.717, 1.165) is 172 Å². The molecule has 0 radical (unpaired) electrons. The molecule has 0 amide bonds. The number of anilines is 3. The predicted octanol–water partition coefficient (Wildman–Crippen LogP) is 22.1. The van der Waals surface area contributed by atoms with E-state index in [0.29, 0.717) is 29.0 Å². The zero-order valence-corrected chi connectivity index (χ0v) is 55.6. The molecule has 0 spiro atoms. The van der Waals surface area contributed by atoms with Gasteiger partial charge in [0.05, 0.1) is 55.4 Å². The molecule has 0 bridgehead atoms. The molecule has 20 rings (SSSR count). The summed E-state index contributed by atoms with van der Waals surface area (Å²) in [6.45, 7) is 4.56. The summed E-state index contributed by atoms with van der Waals surface area (Å²) in [5.41, 5.74) is 21.5. The molecule has 16 aromatic rings. The van der Waals surface area contributed by atoms with E-state index in [1.807, 2.05) is 72.8 Å². The number of thioether (sulfide) groups is 1. The van der Waals surface area contributed by atoms with Crippen molar-refractivity contribution in [3.8, 4) is 89.9 Å². The Morgan fingerprint density at radius 1 is 0.550 bits per heavy atom. The van der Waals surface area contributed by atoms with E-state index in [1.54, 1.807) is 23.1 Å². The third kappa shape index (κ3) is 9.23. The first-order valence-corrected chi connectivity index (χ1v) is 35.3. The fourth-order valence-electron chi connectivity index (χ4n) is 15.6. The number of nitrogens with one attached hydrogen (secondary N) is 1.